The van der Waals surface area contributed by atoms with Crippen molar-refractivity contribution in [3.05, 3.63) is 77.1 Å². The molecule has 6 saturated heterocycles. The lowest BCUT2D eigenvalue weighted by Crippen LogP contribution is -2.49. The number of nitrogens with zero attached hydrogens (tertiary/aromatic N) is 10. The van der Waals surface area contributed by atoms with Gasteiger partial charge in [-0.05, 0) is 106 Å². The maximum atomic E-state index is 17.4. The third kappa shape index (κ3) is 9.12. The highest BCUT2D eigenvalue weighted by Crippen LogP contribution is 2.45. The van der Waals surface area contributed by atoms with Crippen LogP contribution < -0.4 is 19.9 Å². The van der Waals surface area contributed by atoms with Crippen LogP contribution in [0, 0.1) is 29.9 Å². The second-order valence-electron chi connectivity index (χ2n) is 22.6. The molecule has 19 heteroatoms. The van der Waals surface area contributed by atoms with Gasteiger partial charge in [0.05, 0.1) is 52.0 Å². The van der Waals surface area contributed by atoms with E-state index < -0.39 is 17.6 Å². The quantitative estimate of drug-likeness (QED) is 0.109. The molecule has 7 aliphatic rings. The van der Waals surface area contributed by atoms with E-state index in [1.54, 1.807) is 18.2 Å². The summed E-state index contributed by atoms with van der Waals surface area (Å²) >= 11 is 0. The molecule has 0 bridgehead atoms. The number of anilines is 2. The summed E-state index contributed by atoms with van der Waals surface area (Å²) in [6.45, 7) is 9.32. The number of nitrogens with one attached hydrogen (secondary N) is 1. The molecule has 4 atom stereocenters. The van der Waals surface area contributed by atoms with Gasteiger partial charge >= 0.3 is 12.1 Å². The molecule has 406 valence electrons. The minimum atomic E-state index is -0.642. The van der Waals surface area contributed by atoms with Gasteiger partial charge in [-0.3, -0.25) is 29.4 Å². The summed E-state index contributed by atoms with van der Waals surface area (Å²) in [7, 11) is 1.90. The molecule has 3 aromatic heterocycles. The number of likely N-dealkylation sites (tertiary alicyclic amines) is 1. The monoisotopic (exact) mass is 1060 g/mol. The first-order valence-electron chi connectivity index (χ1n) is 28.0. The van der Waals surface area contributed by atoms with Crippen LogP contribution in [0.4, 0.5) is 25.1 Å². The SMILES string of the molecule is C#Cc1c(F)ccc2cccc(-c3nc4c5c(nc(OC[C@@]67CCCN6[C@H](COC(=O)N6CCC(CN8CCN(c9ccc%10c(C%11CCC(=O)NC%11=O)nn(C)c%10c9)CC8)CC6)CC7)nc5c3F)N3CCCOC[C@@H]3CC4)c12. The molecule has 1 N–H and O–H groups in total. The van der Waals surface area contributed by atoms with Crippen molar-refractivity contribution < 1.29 is 37.4 Å². The summed E-state index contributed by atoms with van der Waals surface area (Å²) in [6.07, 6.45) is 13.9. The summed E-state index contributed by atoms with van der Waals surface area (Å²) in [5, 5.41) is 9.80. The van der Waals surface area contributed by atoms with Crippen molar-refractivity contribution in [2.24, 2.45) is 13.0 Å². The molecule has 0 aliphatic carbocycles. The molecule has 6 aromatic rings. The summed E-state index contributed by atoms with van der Waals surface area (Å²) in [5.74, 6) is 1.46. The Hall–Kier alpha value is -7.01. The number of carbonyl (C=O) groups is 3. The summed E-state index contributed by atoms with van der Waals surface area (Å²) < 4.78 is 53.3. The van der Waals surface area contributed by atoms with E-state index in [1.807, 2.05) is 22.7 Å². The van der Waals surface area contributed by atoms with E-state index in [4.69, 9.17) is 40.7 Å². The van der Waals surface area contributed by atoms with E-state index in [1.165, 1.54) is 6.07 Å². The Morgan fingerprint density at radius 3 is 2.60 bits per heavy atom. The highest BCUT2D eigenvalue weighted by Gasteiger charge is 2.50. The van der Waals surface area contributed by atoms with Gasteiger partial charge in [-0.2, -0.15) is 15.1 Å². The van der Waals surface area contributed by atoms with Gasteiger partial charge in [-0.1, -0.05) is 30.2 Å². The second-order valence-corrected chi connectivity index (χ2v) is 22.6. The first-order chi connectivity index (χ1) is 38.0. The molecule has 10 heterocycles. The minimum Gasteiger partial charge on any atom is -0.461 e. The number of piperazine rings is 1. The minimum absolute atomic E-state index is 0.00460. The number of terminal acetylenes is 1. The smallest absolute Gasteiger partial charge is 0.409 e. The van der Waals surface area contributed by atoms with E-state index in [0.717, 1.165) is 113 Å². The van der Waals surface area contributed by atoms with Crippen molar-refractivity contribution in [2.75, 3.05) is 95.1 Å². The number of rotatable bonds is 10. The van der Waals surface area contributed by atoms with Crippen LogP contribution in [0.15, 0.2) is 48.5 Å². The number of amides is 3. The fourth-order valence-electron chi connectivity index (χ4n) is 14.0. The number of piperidine rings is 2. The predicted molar refractivity (Wildman–Crippen MR) is 290 cm³/mol. The Morgan fingerprint density at radius 1 is 0.910 bits per heavy atom. The van der Waals surface area contributed by atoms with E-state index >= 15 is 8.78 Å². The third-order valence-corrected chi connectivity index (χ3v) is 18.1. The number of aromatic nitrogens is 5. The number of imide groups is 1. The van der Waals surface area contributed by atoms with E-state index in [2.05, 4.69) is 49.0 Å². The Bertz CT molecular complexity index is 3410. The second kappa shape index (κ2) is 20.7. The fourth-order valence-corrected chi connectivity index (χ4v) is 14.0. The van der Waals surface area contributed by atoms with Crippen LogP contribution in [0.25, 0.3) is 43.8 Å². The normalized spacial score (nSPS) is 24.3. The average Bonchev–Trinajstić information content (AvgIpc) is 4.13. The predicted octanol–water partition coefficient (Wildman–Crippen LogP) is 7.10. The maximum absolute atomic E-state index is 17.4. The molecule has 17 nitrogen and oxygen atoms in total. The molecular weight excluding hydrogens is 997 g/mol. The van der Waals surface area contributed by atoms with Gasteiger partial charge in [0.15, 0.2) is 5.82 Å². The van der Waals surface area contributed by atoms with Crippen LogP contribution in [-0.4, -0.2) is 160 Å². The largest absolute Gasteiger partial charge is 0.461 e. The number of fused-ring (bicyclic) bond motifs is 5. The zero-order valence-corrected chi connectivity index (χ0v) is 44.2. The fraction of sp³-hybridized carbons (Fsp3) is 0.508. The lowest BCUT2D eigenvalue weighted by atomic mass is 9.93. The number of halogens is 2. The van der Waals surface area contributed by atoms with Gasteiger partial charge in [-0.15, -0.1) is 6.42 Å². The van der Waals surface area contributed by atoms with Crippen molar-refractivity contribution in [3.63, 3.8) is 0 Å². The summed E-state index contributed by atoms with van der Waals surface area (Å²) in [5.41, 5.74) is 3.81. The molecule has 1 unspecified atom stereocenters. The topological polar surface area (TPSA) is 164 Å². The lowest BCUT2D eigenvalue weighted by Gasteiger charge is -2.39. The third-order valence-electron chi connectivity index (χ3n) is 18.1. The van der Waals surface area contributed by atoms with E-state index in [-0.39, 0.29) is 58.3 Å². The zero-order chi connectivity index (χ0) is 53.2. The first kappa shape index (κ1) is 50.5. The number of hydrogen-bond donors (Lipinski definition) is 1. The van der Waals surface area contributed by atoms with Crippen LogP contribution in [0.5, 0.6) is 6.01 Å². The zero-order valence-electron chi connectivity index (χ0n) is 44.2. The van der Waals surface area contributed by atoms with Gasteiger partial charge < -0.3 is 28.9 Å². The van der Waals surface area contributed by atoms with Crippen LogP contribution in [0.2, 0.25) is 0 Å². The first-order valence-corrected chi connectivity index (χ1v) is 28.0. The molecular formula is C59H65F2N11O6. The number of pyridine rings is 1. The highest BCUT2D eigenvalue weighted by atomic mass is 19.1. The number of benzene rings is 3. The van der Waals surface area contributed by atoms with E-state index in [9.17, 15) is 14.4 Å². The molecule has 78 heavy (non-hydrogen) atoms. The van der Waals surface area contributed by atoms with Gasteiger partial charge in [0, 0.05) is 100 Å². The van der Waals surface area contributed by atoms with Gasteiger partial charge in [-0.25, -0.2) is 18.6 Å². The van der Waals surface area contributed by atoms with Crippen molar-refractivity contribution >= 4 is 62.0 Å². The molecule has 6 fully saturated rings. The molecule has 0 saturated carbocycles. The molecule has 7 aliphatic heterocycles. The standard InChI is InChI=1S/C59H65F2N11O6/c1-3-41-45(60)14-9-37-7-4-8-43(49(37)41)53-51(61)54-50-46(62-53)15-11-39-33-76-30-6-22-71(39)55(50)65-57(64-54)78-35-59-20-5-23-72(59)40(17-21-59)34-77-58(75)70-24-18-36(19-25-70)32-68-26-28-69(29-27-68)38-10-12-42-47(31-38)67(2)66-52(42)44-13-16-48(73)63-56(44)74/h1,4,7-10,12,14,31,36,39-40,44H,5-6,11,13,15-30,32-35H2,2H3,(H,63,73,74)/t39-,40-,44?,59-/m0/s1. The van der Waals surface area contributed by atoms with Crippen molar-refractivity contribution in [1.82, 2.24) is 44.7 Å². The molecule has 3 amide bonds. The number of carbonyl (C=O) groups excluding carboxylic acids is 3. The maximum Gasteiger partial charge on any atom is 0.409 e. The Kier molecular flexibility index (Phi) is 13.4. The summed E-state index contributed by atoms with van der Waals surface area (Å²) in [6, 6.07) is 14.8. The van der Waals surface area contributed by atoms with Gasteiger partial charge in [0.25, 0.3) is 0 Å². The Morgan fingerprint density at radius 2 is 1.77 bits per heavy atom. The average molecular weight is 1060 g/mol. The summed E-state index contributed by atoms with van der Waals surface area (Å²) in [4.78, 5) is 64.4. The van der Waals surface area contributed by atoms with Crippen LogP contribution in [0.3, 0.4) is 0 Å². The molecule has 3 aromatic carbocycles. The Labute approximate surface area is 451 Å². The van der Waals surface area contributed by atoms with Gasteiger partial charge in [0.2, 0.25) is 11.8 Å². The van der Waals surface area contributed by atoms with Crippen LogP contribution >= 0.6 is 0 Å². The molecule has 0 radical (unpaired) electrons. The van der Waals surface area contributed by atoms with Crippen molar-refractivity contribution in [2.45, 2.75) is 94.2 Å². The molecule has 0 spiro atoms. The van der Waals surface area contributed by atoms with Crippen LogP contribution in [-0.2, 0) is 32.5 Å². The van der Waals surface area contributed by atoms with Gasteiger partial charge in [0.1, 0.15) is 36.1 Å². The lowest BCUT2D eigenvalue weighted by molar-refractivity contribution is -0.134. The van der Waals surface area contributed by atoms with Crippen molar-refractivity contribution in [3.8, 4) is 29.6 Å². The number of ether oxygens (including phenoxy) is 3. The van der Waals surface area contributed by atoms with Crippen molar-refractivity contribution in [1.29, 1.82) is 0 Å². The Balaban J connectivity index is 0.634. The highest BCUT2D eigenvalue weighted by molar-refractivity contribution is 6.04. The molecule has 13 rings (SSSR count). The van der Waals surface area contributed by atoms with E-state index in [0.29, 0.717) is 104 Å². The number of aryl methyl sites for hydroxylation is 2. The van der Waals surface area contributed by atoms with Crippen LogP contribution in [0.1, 0.15) is 87.1 Å². The number of hydrogen-bond acceptors (Lipinski definition) is 14.